The number of nitrogens with zero attached hydrogens (tertiary/aromatic N) is 1. The summed E-state index contributed by atoms with van der Waals surface area (Å²) in [5, 5.41) is 6.74. The molecule has 0 aliphatic carbocycles. The third-order valence-electron chi connectivity index (χ3n) is 6.00. The number of amides is 1. The first kappa shape index (κ1) is 26.9. The number of piperidine rings is 2. The lowest BCUT2D eigenvalue weighted by Crippen LogP contribution is -2.50. The Hall–Kier alpha value is -0.0700. The van der Waals surface area contributed by atoms with Crippen LogP contribution in [0.25, 0.3) is 0 Å². The zero-order chi connectivity index (χ0) is 18.1. The molecule has 2 saturated heterocycles. The van der Waals surface area contributed by atoms with Gasteiger partial charge in [0.25, 0.3) is 0 Å². The maximum atomic E-state index is 12.5. The van der Waals surface area contributed by atoms with Gasteiger partial charge < -0.3 is 20.3 Å². The molecule has 0 aromatic rings. The van der Waals surface area contributed by atoms with Crippen LogP contribution in [0.2, 0.25) is 0 Å². The molecule has 5 nitrogen and oxygen atoms in total. The summed E-state index contributed by atoms with van der Waals surface area (Å²) in [6.07, 6.45) is 5.29. The second-order valence-corrected chi connectivity index (χ2v) is 8.06. The molecule has 2 rings (SSSR count). The van der Waals surface area contributed by atoms with Gasteiger partial charge in [0.05, 0.1) is 0 Å². The molecule has 2 aliphatic heterocycles. The fraction of sp³-hybridized carbons (Fsp3) is 0.950. The number of ether oxygens (including phenoxy) is 1. The maximum Gasteiger partial charge on any atom is 0.220 e. The number of hydrogen-bond donors (Lipinski definition) is 2. The SMILES string of the molecule is CCOCCCN1CCC(NC(=O)CC(C)C2CCNCC2)C(C)C1.Cl.Cl. The number of carbonyl (C=O) groups is 1. The Balaban J connectivity index is 0.00000338. The van der Waals surface area contributed by atoms with E-state index in [-0.39, 0.29) is 30.7 Å². The molecule has 1 amide bonds. The molecule has 0 radical (unpaired) electrons. The maximum absolute atomic E-state index is 12.5. The van der Waals surface area contributed by atoms with Gasteiger partial charge in [-0.1, -0.05) is 13.8 Å². The fourth-order valence-electron chi connectivity index (χ4n) is 4.32. The molecule has 0 spiro atoms. The van der Waals surface area contributed by atoms with E-state index in [0.29, 0.717) is 30.2 Å². The van der Waals surface area contributed by atoms with Crippen molar-refractivity contribution in [2.45, 2.75) is 58.9 Å². The van der Waals surface area contributed by atoms with E-state index in [4.69, 9.17) is 4.74 Å². The van der Waals surface area contributed by atoms with Gasteiger partial charge in [-0.3, -0.25) is 4.79 Å². The molecule has 3 unspecified atom stereocenters. The Morgan fingerprint density at radius 1 is 1.26 bits per heavy atom. The molecule has 2 fully saturated rings. The summed E-state index contributed by atoms with van der Waals surface area (Å²) >= 11 is 0. The second kappa shape index (κ2) is 14.9. The van der Waals surface area contributed by atoms with E-state index in [1.165, 1.54) is 12.8 Å². The number of nitrogens with one attached hydrogen (secondary N) is 2. The lowest BCUT2D eigenvalue weighted by atomic mass is 9.84. The lowest BCUT2D eigenvalue weighted by molar-refractivity contribution is -0.123. The third-order valence-corrected chi connectivity index (χ3v) is 6.00. The molecule has 2 N–H and O–H groups in total. The van der Waals surface area contributed by atoms with E-state index in [9.17, 15) is 4.79 Å². The van der Waals surface area contributed by atoms with Crippen LogP contribution in [-0.4, -0.2) is 62.8 Å². The summed E-state index contributed by atoms with van der Waals surface area (Å²) in [6, 6.07) is 0.343. The lowest BCUT2D eigenvalue weighted by Gasteiger charge is -2.37. The molecule has 0 aromatic heterocycles. The van der Waals surface area contributed by atoms with Crippen LogP contribution in [0, 0.1) is 17.8 Å². The Morgan fingerprint density at radius 3 is 2.59 bits per heavy atom. The van der Waals surface area contributed by atoms with Crippen LogP contribution in [0.3, 0.4) is 0 Å². The van der Waals surface area contributed by atoms with Crippen molar-refractivity contribution < 1.29 is 9.53 Å². The van der Waals surface area contributed by atoms with Gasteiger partial charge in [0.2, 0.25) is 5.91 Å². The first-order valence-corrected chi connectivity index (χ1v) is 10.4. The summed E-state index contributed by atoms with van der Waals surface area (Å²) in [5.74, 6) is 1.99. The van der Waals surface area contributed by atoms with Gasteiger partial charge in [0.15, 0.2) is 0 Å². The standard InChI is InChI=1S/C20H39N3O2.2ClH/c1-4-25-13-5-11-23-12-8-19(17(3)15-23)22-20(24)14-16(2)18-6-9-21-10-7-18;;/h16-19,21H,4-15H2,1-3H3,(H,22,24);2*1H. The van der Waals surface area contributed by atoms with Crippen LogP contribution in [0.1, 0.15) is 52.9 Å². The highest BCUT2D eigenvalue weighted by Gasteiger charge is 2.28. The molecule has 2 aliphatic rings. The van der Waals surface area contributed by atoms with E-state index in [1.54, 1.807) is 0 Å². The minimum absolute atomic E-state index is 0. The Morgan fingerprint density at radius 2 is 1.96 bits per heavy atom. The Kier molecular flexibility index (Phi) is 14.8. The summed E-state index contributed by atoms with van der Waals surface area (Å²) in [7, 11) is 0. The first-order valence-electron chi connectivity index (χ1n) is 10.4. The van der Waals surface area contributed by atoms with Crippen molar-refractivity contribution in [1.82, 2.24) is 15.5 Å². The Bertz CT molecular complexity index is 395. The second-order valence-electron chi connectivity index (χ2n) is 8.06. The number of likely N-dealkylation sites (tertiary alicyclic amines) is 1. The van der Waals surface area contributed by atoms with E-state index in [2.05, 4.69) is 29.4 Å². The van der Waals surface area contributed by atoms with Crippen LogP contribution < -0.4 is 10.6 Å². The highest BCUT2D eigenvalue weighted by molar-refractivity contribution is 5.85. The molecular formula is C20H41Cl2N3O2. The third kappa shape index (κ3) is 9.80. The molecule has 27 heavy (non-hydrogen) atoms. The summed E-state index contributed by atoms with van der Waals surface area (Å²) in [5.41, 5.74) is 0. The van der Waals surface area contributed by atoms with Crippen molar-refractivity contribution in [2.24, 2.45) is 17.8 Å². The summed E-state index contributed by atoms with van der Waals surface area (Å²) < 4.78 is 5.42. The molecule has 7 heteroatoms. The topological polar surface area (TPSA) is 53.6 Å². The van der Waals surface area contributed by atoms with Gasteiger partial charge in [-0.15, -0.1) is 24.8 Å². The smallest absolute Gasteiger partial charge is 0.220 e. The number of carbonyl (C=O) groups excluding carboxylic acids is 1. The predicted octanol–water partition coefficient (Wildman–Crippen LogP) is 3.11. The highest BCUT2D eigenvalue weighted by Crippen LogP contribution is 2.25. The fourth-order valence-corrected chi connectivity index (χ4v) is 4.32. The van der Waals surface area contributed by atoms with E-state index in [1.807, 2.05) is 6.92 Å². The predicted molar refractivity (Wildman–Crippen MR) is 117 cm³/mol. The van der Waals surface area contributed by atoms with Gasteiger partial charge in [-0.25, -0.2) is 0 Å². The van der Waals surface area contributed by atoms with Gasteiger partial charge in [0.1, 0.15) is 0 Å². The van der Waals surface area contributed by atoms with E-state index < -0.39 is 0 Å². The number of hydrogen-bond acceptors (Lipinski definition) is 4. The van der Waals surface area contributed by atoms with Crippen molar-refractivity contribution in [3.05, 3.63) is 0 Å². The largest absolute Gasteiger partial charge is 0.382 e. The molecule has 162 valence electrons. The number of rotatable bonds is 9. The zero-order valence-corrected chi connectivity index (χ0v) is 19.0. The van der Waals surface area contributed by atoms with Gasteiger partial charge in [-0.2, -0.15) is 0 Å². The minimum atomic E-state index is 0. The van der Waals surface area contributed by atoms with Gasteiger partial charge in [0, 0.05) is 45.3 Å². The molecule has 0 bridgehead atoms. The van der Waals surface area contributed by atoms with Crippen molar-refractivity contribution in [3.8, 4) is 0 Å². The average molecular weight is 426 g/mol. The van der Waals surface area contributed by atoms with Crippen LogP contribution >= 0.6 is 24.8 Å². The van der Waals surface area contributed by atoms with Crippen molar-refractivity contribution in [2.75, 3.05) is 45.9 Å². The van der Waals surface area contributed by atoms with E-state index in [0.717, 1.165) is 58.8 Å². The van der Waals surface area contributed by atoms with Gasteiger partial charge in [-0.05, 0) is 63.5 Å². The first-order chi connectivity index (χ1) is 12.1. The Labute approximate surface area is 178 Å². The van der Waals surface area contributed by atoms with Crippen LogP contribution in [0.5, 0.6) is 0 Å². The molecule has 3 atom stereocenters. The van der Waals surface area contributed by atoms with E-state index >= 15 is 0 Å². The van der Waals surface area contributed by atoms with Crippen molar-refractivity contribution in [3.63, 3.8) is 0 Å². The summed E-state index contributed by atoms with van der Waals surface area (Å²) in [4.78, 5) is 15.0. The molecular weight excluding hydrogens is 385 g/mol. The number of halogens is 2. The minimum Gasteiger partial charge on any atom is -0.382 e. The summed E-state index contributed by atoms with van der Waals surface area (Å²) in [6.45, 7) is 13.7. The van der Waals surface area contributed by atoms with Gasteiger partial charge >= 0.3 is 0 Å². The normalized spacial score (nSPS) is 25.1. The molecule has 0 aromatic carbocycles. The zero-order valence-electron chi connectivity index (χ0n) is 17.4. The van der Waals surface area contributed by atoms with Crippen LogP contribution in [0.15, 0.2) is 0 Å². The van der Waals surface area contributed by atoms with Crippen molar-refractivity contribution in [1.29, 1.82) is 0 Å². The molecule has 2 heterocycles. The average Bonchev–Trinajstić information content (AvgIpc) is 2.61. The van der Waals surface area contributed by atoms with Crippen LogP contribution in [-0.2, 0) is 9.53 Å². The quantitative estimate of drug-likeness (QED) is 0.557. The van der Waals surface area contributed by atoms with Crippen molar-refractivity contribution >= 4 is 30.7 Å². The monoisotopic (exact) mass is 425 g/mol. The highest BCUT2D eigenvalue weighted by atomic mass is 35.5. The van der Waals surface area contributed by atoms with Crippen LogP contribution in [0.4, 0.5) is 0 Å². The molecule has 0 saturated carbocycles.